The van der Waals surface area contributed by atoms with Crippen molar-refractivity contribution in [3.05, 3.63) is 68.7 Å². The highest BCUT2D eigenvalue weighted by molar-refractivity contribution is 9.10. The second kappa shape index (κ2) is 7.02. The number of para-hydroxylation sites is 1. The van der Waals surface area contributed by atoms with Crippen LogP contribution in [0.5, 0.6) is 0 Å². The maximum Gasteiger partial charge on any atom is 0.264 e. The Bertz CT molecular complexity index is 1140. The van der Waals surface area contributed by atoms with Gasteiger partial charge in [-0.25, -0.2) is 4.99 Å². The molecule has 1 N–H and O–H groups in total. The average Bonchev–Trinajstić information content (AvgIpc) is 3.10. The zero-order valence-corrected chi connectivity index (χ0v) is 17.6. The van der Waals surface area contributed by atoms with Gasteiger partial charge in [-0.15, -0.1) is 0 Å². The molecule has 136 valence electrons. The molecule has 0 radical (unpaired) electrons. The molecule has 27 heavy (non-hydrogen) atoms. The number of aryl methyl sites for hydroxylation is 2. The van der Waals surface area contributed by atoms with Crippen LogP contribution in [-0.4, -0.2) is 15.6 Å². The lowest BCUT2D eigenvalue weighted by Crippen LogP contribution is -2.19. The first-order valence-electron chi connectivity index (χ1n) is 8.54. The number of carbonyl (C=O) groups is 1. The van der Waals surface area contributed by atoms with E-state index in [1.54, 1.807) is 0 Å². The molecule has 1 aliphatic heterocycles. The fraction of sp³-hybridized carbons (Fsp3) is 0.143. The van der Waals surface area contributed by atoms with Gasteiger partial charge in [-0.1, -0.05) is 34.1 Å². The fourth-order valence-corrected chi connectivity index (χ4v) is 4.49. The monoisotopic (exact) mass is 439 g/mol. The first-order chi connectivity index (χ1) is 12.9. The minimum absolute atomic E-state index is 0.110. The Morgan fingerprint density at radius 3 is 2.74 bits per heavy atom. The van der Waals surface area contributed by atoms with Crippen molar-refractivity contribution < 1.29 is 4.79 Å². The fourth-order valence-electron chi connectivity index (χ4n) is 3.20. The van der Waals surface area contributed by atoms with Crippen LogP contribution in [-0.2, 0) is 11.8 Å². The molecule has 2 aromatic carbocycles. The Balaban J connectivity index is 1.71. The van der Waals surface area contributed by atoms with E-state index in [0.717, 1.165) is 37.9 Å². The summed E-state index contributed by atoms with van der Waals surface area (Å²) in [6.45, 7) is 4.08. The number of hydrogen-bond acceptors (Lipinski definition) is 3. The van der Waals surface area contributed by atoms with Gasteiger partial charge in [0.05, 0.1) is 10.6 Å². The summed E-state index contributed by atoms with van der Waals surface area (Å²) in [5, 5.41) is 4.63. The molecule has 0 spiro atoms. The summed E-state index contributed by atoms with van der Waals surface area (Å²) in [5.41, 5.74) is 5.26. The van der Waals surface area contributed by atoms with Gasteiger partial charge in [0.25, 0.3) is 5.91 Å². The number of fused-ring (bicyclic) bond motifs is 1. The highest BCUT2D eigenvalue weighted by atomic mass is 79.9. The summed E-state index contributed by atoms with van der Waals surface area (Å²) in [5.74, 6) is -0.110. The lowest BCUT2D eigenvalue weighted by Gasteiger charge is -2.01. The number of thioether (sulfide) groups is 1. The maximum atomic E-state index is 12.5. The van der Waals surface area contributed by atoms with Crippen molar-refractivity contribution >= 4 is 61.4 Å². The number of nitrogens with one attached hydrogen (secondary N) is 1. The van der Waals surface area contributed by atoms with Crippen molar-refractivity contribution in [1.29, 1.82) is 0 Å². The van der Waals surface area contributed by atoms with Gasteiger partial charge < -0.3 is 9.88 Å². The number of carbonyl (C=O) groups excluding carboxylic acids is 1. The molecule has 4 rings (SSSR count). The molecule has 3 aromatic rings. The highest BCUT2D eigenvalue weighted by Crippen LogP contribution is 2.33. The molecule has 1 aromatic heterocycles. The number of halogens is 1. The molecular weight excluding hydrogens is 422 g/mol. The van der Waals surface area contributed by atoms with Crippen LogP contribution in [0.2, 0.25) is 0 Å². The van der Waals surface area contributed by atoms with Gasteiger partial charge in [0.2, 0.25) is 0 Å². The molecule has 2 heterocycles. The van der Waals surface area contributed by atoms with Crippen molar-refractivity contribution in [2.24, 2.45) is 12.0 Å². The first kappa shape index (κ1) is 18.1. The van der Waals surface area contributed by atoms with Gasteiger partial charge in [-0.05, 0) is 61.5 Å². The smallest absolute Gasteiger partial charge is 0.264 e. The third-order valence-corrected chi connectivity index (χ3v) is 6.16. The molecule has 0 aliphatic carbocycles. The van der Waals surface area contributed by atoms with Gasteiger partial charge in [0, 0.05) is 33.7 Å². The Labute approximate surface area is 170 Å². The Morgan fingerprint density at radius 2 is 1.96 bits per heavy atom. The summed E-state index contributed by atoms with van der Waals surface area (Å²) >= 11 is 4.84. The summed E-state index contributed by atoms with van der Waals surface area (Å²) < 4.78 is 3.17. The van der Waals surface area contributed by atoms with E-state index in [2.05, 4.69) is 49.9 Å². The van der Waals surface area contributed by atoms with Gasteiger partial charge in [0.15, 0.2) is 5.17 Å². The lowest BCUT2D eigenvalue weighted by atomic mass is 10.1. The number of benzene rings is 2. The minimum Gasteiger partial charge on any atom is -0.347 e. The second-order valence-electron chi connectivity index (χ2n) is 6.49. The van der Waals surface area contributed by atoms with Crippen molar-refractivity contribution in [2.45, 2.75) is 13.8 Å². The molecular formula is C21H18BrN3OS. The van der Waals surface area contributed by atoms with E-state index in [-0.39, 0.29) is 5.91 Å². The summed E-state index contributed by atoms with van der Waals surface area (Å²) in [6.07, 6.45) is 1.97. The van der Waals surface area contributed by atoms with Gasteiger partial charge in [-0.3, -0.25) is 4.79 Å². The van der Waals surface area contributed by atoms with E-state index in [1.165, 1.54) is 11.8 Å². The van der Waals surface area contributed by atoms with Crippen molar-refractivity contribution in [3.63, 3.8) is 0 Å². The second-order valence-corrected chi connectivity index (χ2v) is 8.43. The maximum absolute atomic E-state index is 12.5. The quantitative estimate of drug-likeness (QED) is 0.539. The molecule has 6 heteroatoms. The number of aliphatic imine (C=N–C) groups is 1. The summed E-state index contributed by atoms with van der Waals surface area (Å²) in [4.78, 5) is 17.7. The van der Waals surface area contributed by atoms with E-state index in [0.29, 0.717) is 10.1 Å². The number of nitrogens with zero attached hydrogens (tertiary/aromatic N) is 2. The van der Waals surface area contributed by atoms with Crippen LogP contribution < -0.4 is 5.32 Å². The van der Waals surface area contributed by atoms with Crippen LogP contribution in [0.4, 0.5) is 5.69 Å². The number of amides is 1. The molecule has 0 saturated carbocycles. The van der Waals surface area contributed by atoms with Crippen LogP contribution in [0, 0.1) is 13.8 Å². The van der Waals surface area contributed by atoms with Crippen LogP contribution in [0.15, 0.2) is 56.8 Å². The SMILES string of the molecule is Cc1cc(Br)ccc1N=C1NC(=O)/C(=C/c2c(C)n(C)c3ccccc23)S1. The van der Waals surface area contributed by atoms with Crippen molar-refractivity contribution in [1.82, 2.24) is 9.88 Å². The van der Waals surface area contributed by atoms with E-state index in [9.17, 15) is 4.79 Å². The number of aromatic nitrogens is 1. The Hall–Kier alpha value is -2.31. The standard InChI is InChI=1S/C21H18BrN3OS/c1-12-10-14(22)8-9-17(12)23-21-24-20(26)19(27-21)11-16-13(2)25(3)18-7-5-4-6-15(16)18/h4-11H,1-3H3,(H,23,24,26)/b19-11-. The van der Waals surface area contributed by atoms with E-state index in [1.807, 2.05) is 50.4 Å². The third kappa shape index (κ3) is 3.35. The van der Waals surface area contributed by atoms with E-state index >= 15 is 0 Å². The zero-order valence-electron chi connectivity index (χ0n) is 15.2. The van der Waals surface area contributed by atoms with Gasteiger partial charge >= 0.3 is 0 Å². The molecule has 0 atom stereocenters. The van der Waals surface area contributed by atoms with Gasteiger partial charge in [-0.2, -0.15) is 0 Å². The Morgan fingerprint density at radius 1 is 1.19 bits per heavy atom. The van der Waals surface area contributed by atoms with E-state index < -0.39 is 0 Å². The predicted octanol–water partition coefficient (Wildman–Crippen LogP) is 5.45. The van der Waals surface area contributed by atoms with Crippen LogP contribution in [0.3, 0.4) is 0 Å². The van der Waals surface area contributed by atoms with Crippen LogP contribution in [0.1, 0.15) is 16.8 Å². The molecule has 1 fully saturated rings. The van der Waals surface area contributed by atoms with Crippen molar-refractivity contribution in [3.8, 4) is 0 Å². The highest BCUT2D eigenvalue weighted by Gasteiger charge is 2.25. The van der Waals surface area contributed by atoms with Crippen molar-refractivity contribution in [2.75, 3.05) is 0 Å². The number of hydrogen-bond donors (Lipinski definition) is 1. The lowest BCUT2D eigenvalue weighted by molar-refractivity contribution is -0.115. The minimum atomic E-state index is -0.110. The predicted molar refractivity (Wildman–Crippen MR) is 117 cm³/mol. The average molecular weight is 440 g/mol. The molecule has 1 amide bonds. The molecule has 1 aliphatic rings. The summed E-state index contributed by atoms with van der Waals surface area (Å²) in [7, 11) is 2.05. The summed E-state index contributed by atoms with van der Waals surface area (Å²) in [6, 6.07) is 14.1. The molecule has 0 bridgehead atoms. The topological polar surface area (TPSA) is 46.4 Å². The largest absolute Gasteiger partial charge is 0.347 e. The normalized spacial score (nSPS) is 17.3. The van der Waals surface area contributed by atoms with Gasteiger partial charge in [0.1, 0.15) is 0 Å². The van der Waals surface area contributed by atoms with Crippen LogP contribution >= 0.6 is 27.7 Å². The Kier molecular flexibility index (Phi) is 4.70. The molecule has 0 unspecified atom stereocenters. The number of rotatable bonds is 2. The zero-order chi connectivity index (χ0) is 19.1. The number of amidine groups is 1. The van der Waals surface area contributed by atoms with Crippen LogP contribution in [0.25, 0.3) is 17.0 Å². The van der Waals surface area contributed by atoms with E-state index in [4.69, 9.17) is 0 Å². The first-order valence-corrected chi connectivity index (χ1v) is 10.1. The third-order valence-electron chi connectivity index (χ3n) is 4.76. The molecule has 1 saturated heterocycles. The molecule has 4 nitrogen and oxygen atoms in total.